The molecule has 2 rings (SSSR count). The van der Waals surface area contributed by atoms with Gasteiger partial charge < -0.3 is 5.32 Å². The van der Waals surface area contributed by atoms with Crippen molar-refractivity contribution >= 4 is 37.8 Å². The fourth-order valence-corrected chi connectivity index (χ4v) is 2.71. The SMILES string of the molecule is Cc1nn(CCCNC(=O)C(C)n2cc(Br)cn2)c(C)c1Br. The Morgan fingerprint density at radius 3 is 2.68 bits per heavy atom. The Balaban J connectivity index is 1.78. The van der Waals surface area contributed by atoms with Crippen molar-refractivity contribution in [2.45, 2.75) is 39.8 Å². The van der Waals surface area contributed by atoms with Gasteiger partial charge in [0.2, 0.25) is 5.91 Å². The molecule has 6 nitrogen and oxygen atoms in total. The number of nitrogens with zero attached hydrogens (tertiary/aromatic N) is 4. The first-order valence-electron chi connectivity index (χ1n) is 7.07. The Hall–Kier alpha value is -1.15. The molecule has 22 heavy (non-hydrogen) atoms. The Bertz CT molecular complexity index is 664. The van der Waals surface area contributed by atoms with E-state index in [9.17, 15) is 4.79 Å². The molecule has 0 radical (unpaired) electrons. The third-order valence-corrected chi connectivity index (χ3v) is 5.04. The first kappa shape index (κ1) is 17.2. The van der Waals surface area contributed by atoms with Crippen LogP contribution in [-0.4, -0.2) is 32.0 Å². The summed E-state index contributed by atoms with van der Waals surface area (Å²) >= 11 is 6.84. The topological polar surface area (TPSA) is 64.7 Å². The molecule has 0 fully saturated rings. The zero-order chi connectivity index (χ0) is 16.3. The molecule has 0 aromatic carbocycles. The van der Waals surface area contributed by atoms with Gasteiger partial charge in [-0.05, 0) is 59.1 Å². The summed E-state index contributed by atoms with van der Waals surface area (Å²) in [5, 5.41) is 11.5. The van der Waals surface area contributed by atoms with Gasteiger partial charge in [0, 0.05) is 25.0 Å². The summed E-state index contributed by atoms with van der Waals surface area (Å²) in [4.78, 5) is 12.1. The normalized spacial score (nSPS) is 12.4. The van der Waals surface area contributed by atoms with E-state index in [1.54, 1.807) is 17.1 Å². The fraction of sp³-hybridized carbons (Fsp3) is 0.500. The van der Waals surface area contributed by atoms with Crippen molar-refractivity contribution in [1.29, 1.82) is 0 Å². The highest BCUT2D eigenvalue weighted by Gasteiger charge is 2.15. The van der Waals surface area contributed by atoms with Crippen molar-refractivity contribution in [2.24, 2.45) is 0 Å². The minimum Gasteiger partial charge on any atom is -0.354 e. The number of amides is 1. The molecule has 0 saturated heterocycles. The highest BCUT2D eigenvalue weighted by atomic mass is 79.9. The standard InChI is InChI=1S/C14H19Br2N5O/c1-9-13(16)10(2)20(19-9)6-4-5-17-14(22)11(3)21-8-12(15)7-18-21/h7-8,11H,4-6H2,1-3H3,(H,17,22). The summed E-state index contributed by atoms with van der Waals surface area (Å²) < 4.78 is 5.51. The lowest BCUT2D eigenvalue weighted by Gasteiger charge is -2.12. The molecule has 1 unspecified atom stereocenters. The number of nitrogens with one attached hydrogen (secondary N) is 1. The predicted octanol–water partition coefficient (Wildman–Crippen LogP) is 2.99. The van der Waals surface area contributed by atoms with Gasteiger partial charge in [-0.1, -0.05) is 0 Å². The summed E-state index contributed by atoms with van der Waals surface area (Å²) in [6.45, 7) is 7.22. The van der Waals surface area contributed by atoms with E-state index in [4.69, 9.17) is 0 Å². The Morgan fingerprint density at radius 2 is 2.14 bits per heavy atom. The van der Waals surface area contributed by atoms with Crippen molar-refractivity contribution in [1.82, 2.24) is 24.9 Å². The number of rotatable bonds is 6. The maximum atomic E-state index is 12.1. The number of hydrogen-bond acceptors (Lipinski definition) is 3. The first-order chi connectivity index (χ1) is 10.4. The van der Waals surface area contributed by atoms with Crippen LogP contribution in [0.15, 0.2) is 21.3 Å². The number of carbonyl (C=O) groups is 1. The van der Waals surface area contributed by atoms with Crippen LogP contribution < -0.4 is 5.32 Å². The second kappa shape index (κ2) is 7.41. The Labute approximate surface area is 146 Å². The van der Waals surface area contributed by atoms with Gasteiger partial charge in [0.05, 0.1) is 20.8 Å². The molecule has 1 amide bonds. The Kier molecular flexibility index (Phi) is 5.80. The lowest BCUT2D eigenvalue weighted by molar-refractivity contribution is -0.124. The molecule has 1 N–H and O–H groups in total. The minimum atomic E-state index is -0.325. The molecule has 1 atom stereocenters. The molecule has 2 aromatic rings. The van der Waals surface area contributed by atoms with Crippen molar-refractivity contribution < 1.29 is 4.79 Å². The van der Waals surface area contributed by atoms with E-state index in [2.05, 4.69) is 47.4 Å². The molecule has 0 aliphatic heterocycles. The van der Waals surface area contributed by atoms with Gasteiger partial charge >= 0.3 is 0 Å². The molecule has 2 heterocycles. The van der Waals surface area contributed by atoms with Gasteiger partial charge in [0.1, 0.15) is 6.04 Å². The van der Waals surface area contributed by atoms with Gasteiger partial charge in [-0.2, -0.15) is 10.2 Å². The van der Waals surface area contributed by atoms with Crippen molar-refractivity contribution in [3.05, 3.63) is 32.7 Å². The number of hydrogen-bond donors (Lipinski definition) is 1. The van der Waals surface area contributed by atoms with E-state index in [1.165, 1.54) is 0 Å². The summed E-state index contributed by atoms with van der Waals surface area (Å²) in [6.07, 6.45) is 4.29. The zero-order valence-corrected chi connectivity index (χ0v) is 16.0. The fourth-order valence-electron chi connectivity index (χ4n) is 2.13. The summed E-state index contributed by atoms with van der Waals surface area (Å²) in [5.41, 5.74) is 2.10. The molecule has 0 spiro atoms. The third kappa shape index (κ3) is 3.98. The zero-order valence-electron chi connectivity index (χ0n) is 12.8. The van der Waals surface area contributed by atoms with Crippen LogP contribution in [0.25, 0.3) is 0 Å². The molecule has 0 saturated carbocycles. The van der Waals surface area contributed by atoms with Gasteiger partial charge in [-0.3, -0.25) is 14.2 Å². The van der Waals surface area contributed by atoms with Crippen LogP contribution in [0.2, 0.25) is 0 Å². The van der Waals surface area contributed by atoms with Gasteiger partial charge in [0.15, 0.2) is 0 Å². The van der Waals surface area contributed by atoms with Crippen LogP contribution >= 0.6 is 31.9 Å². The van der Waals surface area contributed by atoms with Gasteiger partial charge in [0.25, 0.3) is 0 Å². The van der Waals surface area contributed by atoms with Crippen molar-refractivity contribution in [2.75, 3.05) is 6.54 Å². The van der Waals surface area contributed by atoms with E-state index in [-0.39, 0.29) is 11.9 Å². The smallest absolute Gasteiger partial charge is 0.244 e. The lowest BCUT2D eigenvalue weighted by Crippen LogP contribution is -2.32. The maximum absolute atomic E-state index is 12.1. The third-order valence-electron chi connectivity index (χ3n) is 3.49. The summed E-state index contributed by atoms with van der Waals surface area (Å²) in [5.74, 6) is -0.0369. The number of carbonyl (C=O) groups excluding carboxylic acids is 1. The van der Waals surface area contributed by atoms with Gasteiger partial charge in [-0.15, -0.1) is 0 Å². The second-order valence-electron chi connectivity index (χ2n) is 5.17. The molecule has 8 heteroatoms. The first-order valence-corrected chi connectivity index (χ1v) is 8.65. The highest BCUT2D eigenvalue weighted by Crippen LogP contribution is 2.19. The lowest BCUT2D eigenvalue weighted by atomic mass is 10.3. The van der Waals surface area contributed by atoms with Crippen LogP contribution in [0.5, 0.6) is 0 Å². The maximum Gasteiger partial charge on any atom is 0.244 e. The summed E-state index contributed by atoms with van der Waals surface area (Å²) in [6, 6.07) is -0.325. The monoisotopic (exact) mass is 431 g/mol. The van der Waals surface area contributed by atoms with Crippen LogP contribution in [-0.2, 0) is 11.3 Å². The van der Waals surface area contributed by atoms with E-state index < -0.39 is 0 Å². The molecule has 0 aliphatic carbocycles. The average Bonchev–Trinajstić information content (AvgIpc) is 3.02. The molecule has 2 aromatic heterocycles. The largest absolute Gasteiger partial charge is 0.354 e. The van der Waals surface area contributed by atoms with Crippen LogP contribution in [0.1, 0.15) is 30.8 Å². The van der Waals surface area contributed by atoms with Crippen LogP contribution in [0.3, 0.4) is 0 Å². The van der Waals surface area contributed by atoms with E-state index in [1.807, 2.05) is 25.5 Å². The number of halogens is 2. The van der Waals surface area contributed by atoms with E-state index in [0.717, 1.165) is 33.3 Å². The number of aryl methyl sites for hydroxylation is 2. The molecule has 120 valence electrons. The van der Waals surface area contributed by atoms with E-state index >= 15 is 0 Å². The molecule has 0 aliphatic rings. The molecule has 0 bridgehead atoms. The Morgan fingerprint density at radius 1 is 1.41 bits per heavy atom. The summed E-state index contributed by atoms with van der Waals surface area (Å²) in [7, 11) is 0. The number of aromatic nitrogens is 4. The quantitative estimate of drug-likeness (QED) is 0.713. The van der Waals surface area contributed by atoms with Gasteiger partial charge in [-0.25, -0.2) is 0 Å². The minimum absolute atomic E-state index is 0.0369. The second-order valence-corrected chi connectivity index (χ2v) is 6.88. The highest BCUT2D eigenvalue weighted by molar-refractivity contribution is 9.10. The predicted molar refractivity (Wildman–Crippen MR) is 91.7 cm³/mol. The molecular weight excluding hydrogens is 414 g/mol. The van der Waals surface area contributed by atoms with E-state index in [0.29, 0.717) is 6.54 Å². The van der Waals surface area contributed by atoms with Crippen molar-refractivity contribution in [3.63, 3.8) is 0 Å². The molecular formula is C14H19Br2N5O. The van der Waals surface area contributed by atoms with Crippen molar-refractivity contribution in [3.8, 4) is 0 Å². The van der Waals surface area contributed by atoms with Crippen LogP contribution in [0, 0.1) is 13.8 Å². The average molecular weight is 433 g/mol. The van der Waals surface area contributed by atoms with Crippen LogP contribution in [0.4, 0.5) is 0 Å².